The molecule has 0 aliphatic rings. The van der Waals surface area contributed by atoms with E-state index in [0.29, 0.717) is 18.5 Å². The van der Waals surface area contributed by atoms with Gasteiger partial charge in [0.15, 0.2) is 0 Å². The number of hydrogen-bond acceptors (Lipinski definition) is 7. The molecule has 0 heterocycles. The molecule has 2 aromatic rings. The van der Waals surface area contributed by atoms with E-state index in [2.05, 4.69) is 17.2 Å². The van der Waals surface area contributed by atoms with E-state index in [1.165, 1.54) is 0 Å². The fraction of sp³-hybridized carbons (Fsp3) is 0.346. The van der Waals surface area contributed by atoms with Crippen LogP contribution in [0, 0.1) is 5.92 Å². The molecule has 0 saturated heterocycles. The highest BCUT2D eigenvalue weighted by Crippen LogP contribution is 2.21. The summed E-state index contributed by atoms with van der Waals surface area (Å²) in [7, 11) is 0. The molecule has 0 spiro atoms. The van der Waals surface area contributed by atoms with Crippen LogP contribution >= 0.6 is 0 Å². The molecule has 2 aromatic carbocycles. The number of carbonyl (C=O) groups is 3. The number of carbonyl (C=O) groups excluding carboxylic acids is 3. The maximum Gasteiger partial charge on any atom is 0.338 e. The third-order valence-corrected chi connectivity index (χ3v) is 4.88. The molecule has 1 atom stereocenters. The van der Waals surface area contributed by atoms with Gasteiger partial charge in [0.25, 0.3) is 0 Å². The molecule has 0 amide bonds. The average molecular weight is 451 g/mol. The molecule has 0 aliphatic carbocycles. The first-order chi connectivity index (χ1) is 16.0. The Labute approximate surface area is 194 Å². The maximum absolute atomic E-state index is 12.2. The molecule has 0 saturated carbocycles. The Morgan fingerprint density at radius 2 is 1.45 bits per heavy atom. The second-order valence-electron chi connectivity index (χ2n) is 7.48. The first kappa shape index (κ1) is 25.6. The predicted octanol–water partition coefficient (Wildman–Crippen LogP) is 6.63. The molecule has 0 aliphatic heterocycles. The van der Waals surface area contributed by atoms with Crippen LogP contribution in [0.15, 0.2) is 77.0 Å². The quantitative estimate of drug-likeness (QED) is 0.0903. The summed E-state index contributed by atoms with van der Waals surface area (Å²) in [6.45, 7) is 4.01. The molecule has 1 unspecified atom stereocenters. The summed E-state index contributed by atoms with van der Waals surface area (Å²) < 4.78 is 9.99. The van der Waals surface area contributed by atoms with E-state index in [-0.39, 0.29) is 11.7 Å². The van der Waals surface area contributed by atoms with E-state index in [1.807, 2.05) is 37.3 Å². The molecule has 7 nitrogen and oxygen atoms in total. The summed E-state index contributed by atoms with van der Waals surface area (Å²) in [5, 5.41) is 8.22. The lowest BCUT2D eigenvalue weighted by atomic mass is 9.98. The highest BCUT2D eigenvalue weighted by atomic mass is 16.6. The highest BCUT2D eigenvalue weighted by molar-refractivity contribution is 5.97. The summed E-state index contributed by atoms with van der Waals surface area (Å²) in [6, 6.07) is 15.7. The lowest BCUT2D eigenvalue weighted by Gasteiger charge is -2.12. The lowest BCUT2D eigenvalue weighted by Crippen LogP contribution is -2.20. The summed E-state index contributed by atoms with van der Waals surface area (Å²) in [5.74, 6) is -2.24. The Morgan fingerprint density at radius 1 is 0.818 bits per heavy atom. The molecule has 33 heavy (non-hydrogen) atoms. The minimum absolute atomic E-state index is 0.283. The van der Waals surface area contributed by atoms with Crippen LogP contribution in [0.4, 0.5) is 11.4 Å². The summed E-state index contributed by atoms with van der Waals surface area (Å²) in [6.07, 6.45) is 7.33. The Bertz CT molecular complexity index is 952. The number of ether oxygens (including phenoxy) is 2. The van der Waals surface area contributed by atoms with Gasteiger partial charge in [-0.15, -0.1) is 0 Å². The van der Waals surface area contributed by atoms with Crippen LogP contribution in [0.3, 0.4) is 0 Å². The zero-order valence-corrected chi connectivity index (χ0v) is 19.1. The van der Waals surface area contributed by atoms with Crippen LogP contribution < -0.4 is 4.74 Å². The van der Waals surface area contributed by atoms with Crippen molar-refractivity contribution >= 4 is 29.3 Å². The molecule has 2 rings (SSSR count). The number of azo groups is 1. The molecule has 174 valence electrons. The van der Waals surface area contributed by atoms with Crippen LogP contribution in [-0.2, 0) is 19.1 Å². The maximum atomic E-state index is 12.2. The zero-order valence-electron chi connectivity index (χ0n) is 19.1. The summed E-state index contributed by atoms with van der Waals surface area (Å²) in [4.78, 5) is 36.0. The number of hydrogen-bond donors (Lipinski definition) is 0. The van der Waals surface area contributed by atoms with Crippen LogP contribution in [0.25, 0.3) is 0 Å². The molecule has 0 aromatic heterocycles. The van der Waals surface area contributed by atoms with Crippen molar-refractivity contribution in [2.24, 2.45) is 16.1 Å². The zero-order chi connectivity index (χ0) is 23.9. The Hall–Kier alpha value is -3.61. The van der Waals surface area contributed by atoms with Gasteiger partial charge < -0.3 is 9.47 Å². The number of benzene rings is 2. The Balaban J connectivity index is 1.79. The normalized spacial score (nSPS) is 12.1. The van der Waals surface area contributed by atoms with Crippen molar-refractivity contribution in [2.45, 2.75) is 52.4 Å². The van der Waals surface area contributed by atoms with Gasteiger partial charge in [-0.3, -0.25) is 4.79 Å². The van der Waals surface area contributed by atoms with Crippen molar-refractivity contribution in [3.8, 4) is 5.75 Å². The number of nitrogens with zero attached hydrogens (tertiary/aromatic N) is 2. The average Bonchev–Trinajstić information content (AvgIpc) is 2.83. The van der Waals surface area contributed by atoms with Gasteiger partial charge in [0.2, 0.25) is 0 Å². The SMILES string of the molecule is CCCCCCC(CC)C(=O)OC(=O)/C=C/C(=O)Oc1ccc(N=Nc2ccccc2)cc1. The van der Waals surface area contributed by atoms with Crippen molar-refractivity contribution < 1.29 is 23.9 Å². The first-order valence-electron chi connectivity index (χ1n) is 11.2. The fourth-order valence-corrected chi connectivity index (χ4v) is 3.00. The largest absolute Gasteiger partial charge is 0.423 e. The van der Waals surface area contributed by atoms with E-state index in [0.717, 1.165) is 43.5 Å². The molecular weight excluding hydrogens is 420 g/mol. The monoisotopic (exact) mass is 450 g/mol. The van der Waals surface area contributed by atoms with E-state index >= 15 is 0 Å². The van der Waals surface area contributed by atoms with Crippen LogP contribution in [0.2, 0.25) is 0 Å². The molecule has 0 N–H and O–H groups in total. The van der Waals surface area contributed by atoms with Gasteiger partial charge in [-0.1, -0.05) is 57.7 Å². The van der Waals surface area contributed by atoms with Crippen molar-refractivity contribution in [2.75, 3.05) is 0 Å². The van der Waals surface area contributed by atoms with E-state index in [1.54, 1.807) is 24.3 Å². The second-order valence-corrected chi connectivity index (χ2v) is 7.48. The van der Waals surface area contributed by atoms with Gasteiger partial charge in [-0.05, 0) is 49.2 Å². The Morgan fingerprint density at radius 3 is 2.09 bits per heavy atom. The minimum Gasteiger partial charge on any atom is -0.423 e. The van der Waals surface area contributed by atoms with Crippen LogP contribution in [0.5, 0.6) is 5.75 Å². The van der Waals surface area contributed by atoms with Gasteiger partial charge in [-0.2, -0.15) is 10.2 Å². The van der Waals surface area contributed by atoms with E-state index in [4.69, 9.17) is 9.47 Å². The number of unbranched alkanes of at least 4 members (excludes halogenated alkanes) is 3. The van der Waals surface area contributed by atoms with Crippen LogP contribution in [-0.4, -0.2) is 17.9 Å². The van der Waals surface area contributed by atoms with Crippen molar-refractivity contribution in [3.05, 3.63) is 66.7 Å². The Kier molecular flexibility index (Phi) is 11.2. The number of esters is 3. The highest BCUT2D eigenvalue weighted by Gasteiger charge is 2.20. The smallest absolute Gasteiger partial charge is 0.338 e. The molecule has 0 fully saturated rings. The standard InChI is InChI=1S/C26H30N2O5/c1-3-5-6-8-11-20(4-2)26(31)33-25(30)19-18-24(29)32-23-16-14-22(15-17-23)28-27-21-12-9-7-10-13-21/h7,9-10,12-20H,3-6,8,11H2,1-2H3/b19-18+,28-27?. The second kappa shape index (κ2) is 14.5. The summed E-state index contributed by atoms with van der Waals surface area (Å²) in [5.41, 5.74) is 1.32. The summed E-state index contributed by atoms with van der Waals surface area (Å²) >= 11 is 0. The third-order valence-electron chi connectivity index (χ3n) is 4.88. The minimum atomic E-state index is -0.888. The predicted molar refractivity (Wildman–Crippen MR) is 125 cm³/mol. The molecular formula is C26H30N2O5. The number of rotatable bonds is 12. The van der Waals surface area contributed by atoms with E-state index < -0.39 is 17.9 Å². The van der Waals surface area contributed by atoms with Crippen molar-refractivity contribution in [1.29, 1.82) is 0 Å². The van der Waals surface area contributed by atoms with Gasteiger partial charge in [0, 0.05) is 12.2 Å². The van der Waals surface area contributed by atoms with Gasteiger partial charge in [0.1, 0.15) is 5.75 Å². The first-order valence-corrected chi connectivity index (χ1v) is 11.2. The lowest BCUT2D eigenvalue weighted by molar-refractivity contribution is -0.159. The molecule has 0 bridgehead atoms. The molecule has 0 radical (unpaired) electrons. The van der Waals surface area contributed by atoms with Crippen molar-refractivity contribution in [1.82, 2.24) is 0 Å². The van der Waals surface area contributed by atoms with E-state index in [9.17, 15) is 14.4 Å². The topological polar surface area (TPSA) is 94.4 Å². The van der Waals surface area contributed by atoms with Gasteiger partial charge in [0.05, 0.1) is 17.3 Å². The third kappa shape index (κ3) is 10.0. The van der Waals surface area contributed by atoms with Gasteiger partial charge >= 0.3 is 17.9 Å². The van der Waals surface area contributed by atoms with Crippen molar-refractivity contribution in [3.63, 3.8) is 0 Å². The fourth-order valence-electron chi connectivity index (χ4n) is 3.00. The van der Waals surface area contributed by atoms with Crippen LogP contribution in [0.1, 0.15) is 52.4 Å². The van der Waals surface area contributed by atoms with Gasteiger partial charge in [-0.25, -0.2) is 9.59 Å². The molecule has 7 heteroatoms.